The van der Waals surface area contributed by atoms with Gasteiger partial charge in [-0.2, -0.15) is 0 Å². The Labute approximate surface area is 139 Å². The zero-order chi connectivity index (χ0) is 17.0. The van der Waals surface area contributed by atoms with Gasteiger partial charge in [-0.3, -0.25) is 4.99 Å². The normalized spacial score (nSPS) is 13.5. The van der Waals surface area contributed by atoms with E-state index in [2.05, 4.69) is 4.99 Å². The Morgan fingerprint density at radius 3 is 2.74 bits per heavy atom. The van der Waals surface area contributed by atoms with E-state index in [1.165, 1.54) is 17.8 Å². The minimum absolute atomic E-state index is 0.00924. The van der Waals surface area contributed by atoms with Crippen molar-refractivity contribution in [1.82, 2.24) is 0 Å². The molecule has 0 saturated heterocycles. The number of aryl methyl sites for hydroxylation is 2. The highest BCUT2D eigenvalue weighted by Gasteiger charge is 2.09. The molecular formula is C17H22N2O3S. The van der Waals surface area contributed by atoms with Crippen LogP contribution in [0.25, 0.3) is 11.0 Å². The first kappa shape index (κ1) is 17.6. The molecule has 0 fully saturated rings. The van der Waals surface area contributed by atoms with E-state index < -0.39 is 0 Å². The number of benzene rings is 1. The van der Waals surface area contributed by atoms with Crippen LogP contribution in [-0.4, -0.2) is 24.9 Å². The molecule has 0 amide bonds. The smallest absolute Gasteiger partial charge is 0.336 e. The van der Waals surface area contributed by atoms with E-state index in [-0.39, 0.29) is 11.7 Å². The van der Waals surface area contributed by atoms with Crippen LogP contribution in [0.4, 0.5) is 0 Å². The second-order valence-corrected chi connectivity index (χ2v) is 6.58. The van der Waals surface area contributed by atoms with Gasteiger partial charge < -0.3 is 14.9 Å². The van der Waals surface area contributed by atoms with Gasteiger partial charge in [0.15, 0.2) is 5.17 Å². The van der Waals surface area contributed by atoms with Crippen molar-refractivity contribution >= 4 is 27.9 Å². The summed E-state index contributed by atoms with van der Waals surface area (Å²) in [6.07, 6.45) is 0. The van der Waals surface area contributed by atoms with Gasteiger partial charge in [0, 0.05) is 24.3 Å². The Morgan fingerprint density at radius 1 is 1.35 bits per heavy atom. The molecule has 1 aromatic carbocycles. The van der Waals surface area contributed by atoms with Gasteiger partial charge in [-0.25, -0.2) is 4.79 Å². The number of hydrogen-bond acceptors (Lipinski definition) is 5. The number of amidine groups is 1. The fourth-order valence-corrected chi connectivity index (χ4v) is 3.08. The third-order valence-corrected chi connectivity index (χ3v) is 4.43. The predicted molar refractivity (Wildman–Crippen MR) is 96.2 cm³/mol. The van der Waals surface area contributed by atoms with Crippen molar-refractivity contribution in [2.75, 3.05) is 13.7 Å². The molecule has 2 N–H and O–H groups in total. The molecule has 23 heavy (non-hydrogen) atoms. The Morgan fingerprint density at radius 2 is 2.04 bits per heavy atom. The fourth-order valence-electron chi connectivity index (χ4n) is 2.29. The molecule has 5 nitrogen and oxygen atoms in total. The third-order valence-electron chi connectivity index (χ3n) is 3.58. The summed E-state index contributed by atoms with van der Waals surface area (Å²) in [6, 6.07) is 5.48. The Bertz CT molecular complexity index is 783. The molecule has 6 heteroatoms. The molecule has 0 aliphatic rings. The Kier molecular flexibility index (Phi) is 5.85. The van der Waals surface area contributed by atoms with Gasteiger partial charge in [-0.15, -0.1) is 0 Å². The number of ether oxygens (including phenoxy) is 1. The van der Waals surface area contributed by atoms with Crippen LogP contribution in [0.3, 0.4) is 0 Å². The van der Waals surface area contributed by atoms with Crippen molar-refractivity contribution in [3.63, 3.8) is 0 Å². The minimum Gasteiger partial charge on any atom is -0.423 e. The topological polar surface area (TPSA) is 77.8 Å². The van der Waals surface area contributed by atoms with Gasteiger partial charge in [-0.05, 0) is 49.6 Å². The number of fused-ring (bicyclic) bond motifs is 1. The molecule has 0 aliphatic carbocycles. The van der Waals surface area contributed by atoms with Gasteiger partial charge in [-0.1, -0.05) is 11.8 Å². The fraction of sp³-hybridized carbons (Fsp3) is 0.412. The first-order valence-corrected chi connectivity index (χ1v) is 8.38. The maximum atomic E-state index is 11.8. The molecule has 1 aromatic heterocycles. The highest BCUT2D eigenvalue weighted by molar-refractivity contribution is 8.13. The minimum atomic E-state index is -0.348. The largest absolute Gasteiger partial charge is 0.423 e. The number of hydrogen-bond donors (Lipinski definition) is 1. The summed E-state index contributed by atoms with van der Waals surface area (Å²) in [6.45, 7) is 6.50. The lowest BCUT2D eigenvalue weighted by Crippen LogP contribution is -2.15. The van der Waals surface area contributed by atoms with Crippen LogP contribution in [0, 0.1) is 13.8 Å². The maximum Gasteiger partial charge on any atom is 0.336 e. The third kappa shape index (κ3) is 4.59. The van der Waals surface area contributed by atoms with E-state index in [0.29, 0.717) is 23.1 Å². The lowest BCUT2D eigenvalue weighted by Gasteiger charge is -2.09. The average molecular weight is 334 g/mol. The van der Waals surface area contributed by atoms with E-state index in [1.807, 2.05) is 32.9 Å². The monoisotopic (exact) mass is 334 g/mol. The highest BCUT2D eigenvalue weighted by atomic mass is 32.2. The Hall–Kier alpha value is -1.79. The van der Waals surface area contributed by atoms with Crippen LogP contribution < -0.4 is 11.4 Å². The molecule has 1 heterocycles. The van der Waals surface area contributed by atoms with Gasteiger partial charge in [0.1, 0.15) is 5.58 Å². The van der Waals surface area contributed by atoms with Crippen molar-refractivity contribution < 1.29 is 9.15 Å². The van der Waals surface area contributed by atoms with Crippen molar-refractivity contribution in [2.45, 2.75) is 32.6 Å². The van der Waals surface area contributed by atoms with E-state index in [1.54, 1.807) is 7.11 Å². The van der Waals surface area contributed by atoms with Crippen molar-refractivity contribution in [3.8, 4) is 0 Å². The molecule has 0 aliphatic heterocycles. The summed E-state index contributed by atoms with van der Waals surface area (Å²) >= 11 is 1.41. The number of nitrogens with zero attached hydrogens (tertiary/aromatic N) is 1. The molecule has 0 unspecified atom stereocenters. The molecule has 124 valence electrons. The first-order valence-electron chi connectivity index (χ1n) is 7.39. The van der Waals surface area contributed by atoms with E-state index >= 15 is 0 Å². The van der Waals surface area contributed by atoms with Crippen molar-refractivity contribution in [3.05, 3.63) is 45.3 Å². The number of thioether (sulfide) groups is 1. The number of rotatable bonds is 5. The highest BCUT2D eigenvalue weighted by Crippen LogP contribution is 2.24. The van der Waals surface area contributed by atoms with E-state index in [4.69, 9.17) is 14.9 Å². The van der Waals surface area contributed by atoms with Crippen LogP contribution in [0.15, 0.2) is 32.4 Å². The van der Waals surface area contributed by atoms with E-state index in [9.17, 15) is 4.79 Å². The lowest BCUT2D eigenvalue weighted by atomic mass is 10.0. The summed E-state index contributed by atoms with van der Waals surface area (Å²) in [5.41, 5.74) is 9.37. The van der Waals surface area contributed by atoms with Gasteiger partial charge in [0.05, 0.1) is 12.6 Å². The summed E-state index contributed by atoms with van der Waals surface area (Å²) in [5.74, 6) is 0.569. The summed E-state index contributed by atoms with van der Waals surface area (Å²) in [7, 11) is 1.63. The molecule has 2 aromatic rings. The predicted octanol–water partition coefficient (Wildman–Crippen LogP) is 2.99. The second-order valence-electron chi connectivity index (χ2n) is 5.58. The molecule has 0 radical (unpaired) electrons. The van der Waals surface area contributed by atoms with Crippen LogP contribution in [0.1, 0.15) is 23.6 Å². The molecule has 1 atom stereocenters. The van der Waals surface area contributed by atoms with Crippen LogP contribution in [0.2, 0.25) is 0 Å². The molecular weight excluding hydrogens is 312 g/mol. The Balaban J connectivity index is 2.26. The summed E-state index contributed by atoms with van der Waals surface area (Å²) in [5, 5.41) is 1.43. The maximum absolute atomic E-state index is 11.8. The van der Waals surface area contributed by atoms with Crippen LogP contribution in [-0.2, 0) is 10.5 Å². The lowest BCUT2D eigenvalue weighted by molar-refractivity contribution is 0.186. The van der Waals surface area contributed by atoms with Gasteiger partial charge >= 0.3 is 5.63 Å². The summed E-state index contributed by atoms with van der Waals surface area (Å²) < 4.78 is 10.3. The van der Waals surface area contributed by atoms with Crippen LogP contribution >= 0.6 is 11.8 Å². The van der Waals surface area contributed by atoms with Crippen LogP contribution in [0.5, 0.6) is 0 Å². The van der Waals surface area contributed by atoms with Crippen molar-refractivity contribution in [1.29, 1.82) is 0 Å². The first-order chi connectivity index (χ1) is 10.9. The molecule has 2 rings (SSSR count). The number of methoxy groups -OCH3 is 1. The van der Waals surface area contributed by atoms with Gasteiger partial charge in [0.25, 0.3) is 0 Å². The molecule has 0 bridgehead atoms. The SMILES string of the molecule is COC[C@H](C)N=C(N)SCc1cc(=O)oc2cc(C)c(C)cc12. The van der Waals surface area contributed by atoms with Gasteiger partial charge in [0.2, 0.25) is 0 Å². The quantitative estimate of drug-likeness (QED) is 0.517. The molecule has 0 saturated carbocycles. The van der Waals surface area contributed by atoms with Crippen molar-refractivity contribution in [2.24, 2.45) is 10.7 Å². The second kappa shape index (κ2) is 7.66. The molecule has 0 spiro atoms. The summed E-state index contributed by atoms with van der Waals surface area (Å²) in [4.78, 5) is 16.1. The number of nitrogens with two attached hydrogens (primary N) is 1. The van der Waals surface area contributed by atoms with E-state index in [0.717, 1.165) is 22.1 Å². The number of aliphatic imine (C=N–C) groups is 1. The standard InChI is InChI=1S/C17H22N2O3S/c1-10-5-14-13(7-16(20)22-15(14)6-11(10)2)9-23-17(18)19-12(3)8-21-4/h5-7,12H,8-9H2,1-4H3,(H2,18,19)/t12-/m0/s1. The zero-order valence-corrected chi connectivity index (χ0v) is 14.7. The average Bonchev–Trinajstić information content (AvgIpc) is 2.47. The zero-order valence-electron chi connectivity index (χ0n) is 13.9.